The van der Waals surface area contributed by atoms with Crippen molar-refractivity contribution in [1.29, 1.82) is 0 Å². The van der Waals surface area contributed by atoms with Crippen LogP contribution in [0.3, 0.4) is 0 Å². The van der Waals surface area contributed by atoms with Crippen LogP contribution in [0, 0.1) is 6.92 Å². The SMILES string of the molecule is COc1cccc2cc(C(=O)Nc3ccc(N4CCCC4=O)c(C)c3)oc12. The van der Waals surface area contributed by atoms with Crippen LogP contribution in [0.4, 0.5) is 11.4 Å². The molecule has 2 heterocycles. The summed E-state index contributed by atoms with van der Waals surface area (Å²) in [4.78, 5) is 26.3. The number of carbonyl (C=O) groups excluding carboxylic acids is 2. The van der Waals surface area contributed by atoms with E-state index >= 15 is 0 Å². The molecule has 6 heteroatoms. The first kappa shape index (κ1) is 17.1. The zero-order valence-corrected chi connectivity index (χ0v) is 15.2. The van der Waals surface area contributed by atoms with Crippen LogP contribution < -0.4 is 15.0 Å². The van der Waals surface area contributed by atoms with Gasteiger partial charge in [0.05, 0.1) is 7.11 Å². The molecule has 27 heavy (non-hydrogen) atoms. The normalized spacial score (nSPS) is 14.0. The molecule has 1 aliphatic heterocycles. The molecule has 0 saturated carbocycles. The number of ether oxygens (including phenoxy) is 1. The second kappa shape index (κ2) is 6.79. The van der Waals surface area contributed by atoms with Crippen LogP contribution in [0.15, 0.2) is 46.9 Å². The van der Waals surface area contributed by atoms with Gasteiger partial charge in [-0.2, -0.15) is 0 Å². The van der Waals surface area contributed by atoms with Crippen LogP contribution in [-0.2, 0) is 4.79 Å². The molecule has 1 aliphatic rings. The molecule has 2 amide bonds. The molecule has 0 radical (unpaired) electrons. The number of amides is 2. The van der Waals surface area contributed by atoms with Crippen molar-refractivity contribution in [2.45, 2.75) is 19.8 Å². The molecule has 2 aromatic carbocycles. The van der Waals surface area contributed by atoms with Gasteiger partial charge in [-0.15, -0.1) is 0 Å². The van der Waals surface area contributed by atoms with Crippen molar-refractivity contribution < 1.29 is 18.7 Å². The number of anilines is 2. The molecule has 1 N–H and O–H groups in total. The maximum Gasteiger partial charge on any atom is 0.291 e. The Morgan fingerprint density at radius 3 is 2.78 bits per heavy atom. The van der Waals surface area contributed by atoms with Gasteiger partial charge in [0.2, 0.25) is 5.91 Å². The molecule has 1 aromatic heterocycles. The van der Waals surface area contributed by atoms with Crippen molar-refractivity contribution in [1.82, 2.24) is 0 Å². The van der Waals surface area contributed by atoms with Gasteiger partial charge in [-0.05, 0) is 49.2 Å². The molecule has 4 rings (SSSR count). The summed E-state index contributed by atoms with van der Waals surface area (Å²) in [5.74, 6) is 0.608. The van der Waals surface area contributed by atoms with E-state index in [1.807, 2.05) is 31.2 Å². The van der Waals surface area contributed by atoms with Gasteiger partial charge in [-0.3, -0.25) is 9.59 Å². The van der Waals surface area contributed by atoms with Crippen LogP contribution in [0.1, 0.15) is 29.0 Å². The summed E-state index contributed by atoms with van der Waals surface area (Å²) in [6.45, 7) is 2.68. The number of fused-ring (bicyclic) bond motifs is 1. The maximum atomic E-state index is 12.6. The van der Waals surface area contributed by atoms with Gasteiger partial charge < -0.3 is 19.4 Å². The van der Waals surface area contributed by atoms with E-state index in [1.165, 1.54) is 0 Å². The Kier molecular flexibility index (Phi) is 4.32. The van der Waals surface area contributed by atoms with Gasteiger partial charge >= 0.3 is 0 Å². The highest BCUT2D eigenvalue weighted by Crippen LogP contribution is 2.30. The maximum absolute atomic E-state index is 12.6. The molecule has 0 atom stereocenters. The van der Waals surface area contributed by atoms with E-state index < -0.39 is 0 Å². The summed E-state index contributed by atoms with van der Waals surface area (Å²) in [5, 5.41) is 3.65. The van der Waals surface area contributed by atoms with E-state index in [-0.39, 0.29) is 17.6 Å². The predicted molar refractivity (Wildman–Crippen MR) is 103 cm³/mol. The number of para-hydroxylation sites is 1. The fraction of sp³-hybridized carbons (Fsp3) is 0.238. The van der Waals surface area contributed by atoms with E-state index in [0.29, 0.717) is 23.4 Å². The third-order valence-electron chi connectivity index (χ3n) is 4.77. The van der Waals surface area contributed by atoms with Crippen LogP contribution in [0.25, 0.3) is 11.0 Å². The first-order chi connectivity index (χ1) is 13.1. The summed E-state index contributed by atoms with van der Waals surface area (Å²) < 4.78 is 11.0. The van der Waals surface area contributed by atoms with Crippen molar-refractivity contribution in [3.05, 3.63) is 53.8 Å². The van der Waals surface area contributed by atoms with E-state index in [1.54, 1.807) is 30.2 Å². The lowest BCUT2D eigenvalue weighted by atomic mass is 10.1. The van der Waals surface area contributed by atoms with E-state index in [0.717, 1.165) is 29.6 Å². The lowest BCUT2D eigenvalue weighted by molar-refractivity contribution is -0.117. The van der Waals surface area contributed by atoms with Gasteiger partial charge in [0.1, 0.15) is 0 Å². The molecule has 1 fully saturated rings. The van der Waals surface area contributed by atoms with Crippen molar-refractivity contribution in [2.24, 2.45) is 0 Å². The highest BCUT2D eigenvalue weighted by Gasteiger charge is 2.23. The van der Waals surface area contributed by atoms with E-state index in [2.05, 4.69) is 5.32 Å². The average molecular weight is 364 g/mol. The lowest BCUT2D eigenvalue weighted by Crippen LogP contribution is -2.24. The second-order valence-corrected chi connectivity index (χ2v) is 6.59. The van der Waals surface area contributed by atoms with Gasteiger partial charge in [-0.25, -0.2) is 0 Å². The summed E-state index contributed by atoms with van der Waals surface area (Å²) in [5.41, 5.74) is 3.03. The second-order valence-electron chi connectivity index (χ2n) is 6.59. The minimum atomic E-state index is -0.336. The Labute approximate surface area is 156 Å². The molecule has 138 valence electrons. The Morgan fingerprint density at radius 2 is 2.07 bits per heavy atom. The average Bonchev–Trinajstić information content (AvgIpc) is 3.28. The number of furan rings is 1. The van der Waals surface area contributed by atoms with Crippen molar-refractivity contribution in [3.8, 4) is 5.75 Å². The number of nitrogens with zero attached hydrogens (tertiary/aromatic N) is 1. The largest absolute Gasteiger partial charge is 0.493 e. The molecule has 6 nitrogen and oxygen atoms in total. The molecule has 0 unspecified atom stereocenters. The van der Waals surface area contributed by atoms with Gasteiger partial charge in [0.25, 0.3) is 5.91 Å². The number of rotatable bonds is 4. The molecule has 3 aromatic rings. The minimum absolute atomic E-state index is 0.145. The summed E-state index contributed by atoms with van der Waals surface area (Å²) in [6, 6.07) is 12.7. The Balaban J connectivity index is 1.56. The summed E-state index contributed by atoms with van der Waals surface area (Å²) >= 11 is 0. The fourth-order valence-corrected chi connectivity index (χ4v) is 3.44. The highest BCUT2D eigenvalue weighted by molar-refractivity contribution is 6.05. The number of benzene rings is 2. The lowest BCUT2D eigenvalue weighted by Gasteiger charge is -2.19. The third kappa shape index (κ3) is 3.14. The Morgan fingerprint density at radius 1 is 1.22 bits per heavy atom. The molecule has 1 saturated heterocycles. The molecule has 0 bridgehead atoms. The number of carbonyl (C=O) groups is 2. The molecule has 0 spiro atoms. The third-order valence-corrected chi connectivity index (χ3v) is 4.77. The van der Waals surface area contributed by atoms with Gasteiger partial charge in [0.15, 0.2) is 17.1 Å². The standard InChI is InChI=1S/C21H20N2O4/c1-13-11-15(8-9-16(13)23-10-4-7-19(23)24)22-21(25)18-12-14-5-3-6-17(26-2)20(14)27-18/h3,5-6,8-9,11-12H,4,7,10H2,1-2H3,(H,22,25). The van der Waals surface area contributed by atoms with E-state index in [9.17, 15) is 9.59 Å². The van der Waals surface area contributed by atoms with Crippen molar-refractivity contribution >= 4 is 34.2 Å². The minimum Gasteiger partial charge on any atom is -0.493 e. The first-order valence-electron chi connectivity index (χ1n) is 8.86. The number of nitrogens with one attached hydrogen (secondary N) is 1. The molecule has 0 aliphatic carbocycles. The Bertz CT molecular complexity index is 1040. The number of hydrogen-bond acceptors (Lipinski definition) is 4. The molecular formula is C21H20N2O4. The summed E-state index contributed by atoms with van der Waals surface area (Å²) in [6.07, 6.45) is 1.47. The quantitative estimate of drug-likeness (QED) is 0.756. The predicted octanol–water partition coefficient (Wildman–Crippen LogP) is 4.13. The van der Waals surface area contributed by atoms with Crippen LogP contribution >= 0.6 is 0 Å². The van der Waals surface area contributed by atoms with Crippen LogP contribution in [-0.4, -0.2) is 25.5 Å². The zero-order valence-electron chi connectivity index (χ0n) is 15.2. The smallest absolute Gasteiger partial charge is 0.291 e. The Hall–Kier alpha value is -3.28. The number of methoxy groups -OCH3 is 1. The van der Waals surface area contributed by atoms with E-state index in [4.69, 9.17) is 9.15 Å². The molecular weight excluding hydrogens is 344 g/mol. The van der Waals surface area contributed by atoms with Crippen LogP contribution in [0.5, 0.6) is 5.75 Å². The monoisotopic (exact) mass is 364 g/mol. The topological polar surface area (TPSA) is 71.8 Å². The van der Waals surface area contributed by atoms with Crippen molar-refractivity contribution in [3.63, 3.8) is 0 Å². The zero-order chi connectivity index (χ0) is 19.0. The summed E-state index contributed by atoms with van der Waals surface area (Å²) in [7, 11) is 1.56. The van der Waals surface area contributed by atoms with Gasteiger partial charge in [-0.1, -0.05) is 12.1 Å². The highest BCUT2D eigenvalue weighted by atomic mass is 16.5. The number of aryl methyl sites for hydroxylation is 1. The first-order valence-corrected chi connectivity index (χ1v) is 8.86. The van der Waals surface area contributed by atoms with Crippen LogP contribution in [0.2, 0.25) is 0 Å². The fourth-order valence-electron chi connectivity index (χ4n) is 3.44. The number of hydrogen-bond donors (Lipinski definition) is 1. The van der Waals surface area contributed by atoms with Gasteiger partial charge in [0, 0.05) is 29.7 Å². The van der Waals surface area contributed by atoms with Crippen molar-refractivity contribution in [2.75, 3.05) is 23.9 Å².